The van der Waals surface area contributed by atoms with Crippen LogP contribution in [0.15, 0.2) is 72.8 Å². The predicted octanol–water partition coefficient (Wildman–Crippen LogP) is 5.82. The molecule has 0 unspecified atom stereocenters. The van der Waals surface area contributed by atoms with Crippen LogP contribution in [-0.4, -0.2) is 21.3 Å². The van der Waals surface area contributed by atoms with Crippen molar-refractivity contribution in [2.75, 3.05) is 5.32 Å². The highest BCUT2D eigenvalue weighted by molar-refractivity contribution is 7.23. The Morgan fingerprint density at radius 1 is 0.897 bits per heavy atom. The zero-order valence-electron chi connectivity index (χ0n) is 15.2. The molecule has 3 aromatic carbocycles. The van der Waals surface area contributed by atoms with Crippen LogP contribution in [0, 0.1) is 0 Å². The van der Waals surface area contributed by atoms with Crippen LogP contribution in [0.2, 0.25) is 0 Å². The molecule has 4 aromatic rings. The Hall–Kier alpha value is -3.77. The minimum Gasteiger partial charge on any atom is -0.508 e. The fourth-order valence-corrected chi connectivity index (χ4v) is 4.21. The van der Waals surface area contributed by atoms with Crippen LogP contribution in [0.1, 0.15) is 5.56 Å². The number of fused-ring (bicyclic) bond motifs is 1. The maximum atomic E-state index is 10.7. The molecule has 0 aliphatic heterocycles. The van der Waals surface area contributed by atoms with Crippen molar-refractivity contribution in [1.82, 2.24) is 0 Å². The lowest BCUT2D eigenvalue weighted by Gasteiger charge is -2.10. The van der Waals surface area contributed by atoms with Crippen LogP contribution in [0.5, 0.6) is 11.5 Å². The van der Waals surface area contributed by atoms with Crippen molar-refractivity contribution in [1.29, 1.82) is 0 Å². The van der Waals surface area contributed by atoms with Gasteiger partial charge in [0.15, 0.2) is 0 Å². The molecule has 0 aliphatic rings. The van der Waals surface area contributed by atoms with Gasteiger partial charge >= 0.3 is 5.97 Å². The molecule has 0 spiro atoms. The van der Waals surface area contributed by atoms with Gasteiger partial charge in [0.05, 0.1) is 10.6 Å². The smallest absolute Gasteiger partial charge is 0.328 e. The van der Waals surface area contributed by atoms with Crippen molar-refractivity contribution in [2.45, 2.75) is 0 Å². The number of carboxylic acid groups (broad SMARTS) is 1. The van der Waals surface area contributed by atoms with E-state index in [2.05, 4.69) is 5.32 Å². The first-order valence-electron chi connectivity index (χ1n) is 8.82. The lowest BCUT2D eigenvalue weighted by molar-refractivity contribution is -0.131. The molecule has 4 N–H and O–H groups in total. The summed E-state index contributed by atoms with van der Waals surface area (Å²) in [5, 5.41) is 32.6. The number of phenolic OH excluding ortho intramolecular Hbond substituents is 2. The van der Waals surface area contributed by atoms with Crippen molar-refractivity contribution in [3.63, 3.8) is 0 Å². The summed E-state index contributed by atoms with van der Waals surface area (Å²) >= 11 is 1.55. The number of phenols is 2. The molecule has 0 radical (unpaired) electrons. The second kappa shape index (κ2) is 7.69. The average Bonchev–Trinajstić information content (AvgIpc) is 3.05. The topological polar surface area (TPSA) is 89.8 Å². The zero-order valence-corrected chi connectivity index (χ0v) is 16.0. The Balaban J connectivity index is 1.75. The SMILES string of the molecule is O=C(O)/C=C/c1ccc(Nc2c(-c3ccc(O)cc3)sc3cc(O)ccc23)cc1. The summed E-state index contributed by atoms with van der Waals surface area (Å²) in [5.41, 5.74) is 3.50. The van der Waals surface area contributed by atoms with Gasteiger partial charge in [-0.3, -0.25) is 0 Å². The van der Waals surface area contributed by atoms with E-state index >= 15 is 0 Å². The summed E-state index contributed by atoms with van der Waals surface area (Å²) in [6.45, 7) is 0. The third kappa shape index (κ3) is 4.07. The molecular weight excluding hydrogens is 386 g/mol. The number of hydrogen-bond acceptors (Lipinski definition) is 5. The minimum absolute atomic E-state index is 0.201. The number of aliphatic carboxylic acids is 1. The van der Waals surface area contributed by atoms with Crippen molar-refractivity contribution >= 4 is 44.8 Å². The molecule has 1 aromatic heterocycles. The first kappa shape index (κ1) is 18.6. The second-order valence-electron chi connectivity index (χ2n) is 6.45. The van der Waals surface area contributed by atoms with Gasteiger partial charge in [-0.15, -0.1) is 11.3 Å². The van der Waals surface area contributed by atoms with E-state index in [0.29, 0.717) is 0 Å². The van der Waals surface area contributed by atoms with Gasteiger partial charge in [-0.05, 0) is 71.8 Å². The van der Waals surface area contributed by atoms with E-state index in [4.69, 9.17) is 5.11 Å². The third-order valence-electron chi connectivity index (χ3n) is 4.40. The molecule has 0 saturated heterocycles. The van der Waals surface area contributed by atoms with Crippen LogP contribution in [0.3, 0.4) is 0 Å². The van der Waals surface area contributed by atoms with Crippen LogP contribution in [-0.2, 0) is 4.79 Å². The van der Waals surface area contributed by atoms with Gasteiger partial charge in [-0.25, -0.2) is 4.79 Å². The van der Waals surface area contributed by atoms with E-state index in [9.17, 15) is 15.0 Å². The third-order valence-corrected chi connectivity index (χ3v) is 5.60. The molecule has 29 heavy (non-hydrogen) atoms. The zero-order chi connectivity index (χ0) is 20.4. The first-order valence-corrected chi connectivity index (χ1v) is 9.64. The maximum Gasteiger partial charge on any atom is 0.328 e. The molecule has 4 rings (SSSR count). The number of nitrogens with one attached hydrogen (secondary N) is 1. The lowest BCUT2D eigenvalue weighted by atomic mass is 10.1. The summed E-state index contributed by atoms with van der Waals surface area (Å²) in [6.07, 6.45) is 2.64. The molecule has 1 heterocycles. The fraction of sp³-hybridized carbons (Fsp3) is 0. The van der Waals surface area contributed by atoms with Gasteiger partial charge in [0.2, 0.25) is 0 Å². The number of anilines is 2. The summed E-state index contributed by atoms with van der Waals surface area (Å²) < 4.78 is 0.941. The molecule has 0 amide bonds. The molecule has 144 valence electrons. The number of thiophene rings is 1. The van der Waals surface area contributed by atoms with E-state index in [1.165, 1.54) is 6.08 Å². The van der Waals surface area contributed by atoms with Crippen LogP contribution < -0.4 is 5.32 Å². The quantitative estimate of drug-likeness (QED) is 0.315. The largest absolute Gasteiger partial charge is 0.508 e. The van der Waals surface area contributed by atoms with Crippen molar-refractivity contribution in [3.05, 3.63) is 78.4 Å². The molecule has 6 heteroatoms. The number of carboxylic acids is 1. The Labute approximate surface area is 170 Å². The molecule has 0 bridgehead atoms. The van der Waals surface area contributed by atoms with Gasteiger partial charge in [-0.1, -0.05) is 12.1 Å². The summed E-state index contributed by atoms with van der Waals surface area (Å²) in [7, 11) is 0. The number of hydrogen-bond donors (Lipinski definition) is 4. The van der Waals surface area contributed by atoms with Gasteiger partial charge in [0.1, 0.15) is 11.5 Å². The van der Waals surface area contributed by atoms with E-state index in [0.717, 1.165) is 43.5 Å². The fourth-order valence-electron chi connectivity index (χ4n) is 3.01. The maximum absolute atomic E-state index is 10.7. The van der Waals surface area contributed by atoms with Crippen molar-refractivity contribution in [3.8, 4) is 21.9 Å². The molecule has 5 nitrogen and oxygen atoms in total. The van der Waals surface area contributed by atoms with E-state index < -0.39 is 5.97 Å². The van der Waals surface area contributed by atoms with Crippen LogP contribution in [0.4, 0.5) is 11.4 Å². The highest BCUT2D eigenvalue weighted by Crippen LogP contribution is 2.45. The molecule has 0 fully saturated rings. The predicted molar refractivity (Wildman–Crippen MR) is 117 cm³/mol. The van der Waals surface area contributed by atoms with Gasteiger partial charge in [-0.2, -0.15) is 0 Å². The Morgan fingerprint density at radius 2 is 1.59 bits per heavy atom. The number of rotatable bonds is 5. The van der Waals surface area contributed by atoms with Crippen molar-refractivity contribution < 1.29 is 20.1 Å². The summed E-state index contributed by atoms with van der Waals surface area (Å²) in [4.78, 5) is 11.6. The van der Waals surface area contributed by atoms with Gasteiger partial charge in [0.25, 0.3) is 0 Å². The number of carbonyl (C=O) groups is 1. The number of benzene rings is 3. The van der Waals surface area contributed by atoms with E-state index in [-0.39, 0.29) is 11.5 Å². The summed E-state index contributed by atoms with van der Waals surface area (Å²) in [5.74, 6) is -0.581. The standard InChI is InChI=1S/C23H17NO4S/c25-17-8-4-15(5-9-17)23-22(19-11-10-18(26)13-20(19)29-23)24-16-6-1-14(2-7-16)3-12-21(27)28/h1-13,24-26H,(H,27,28)/b12-3+. The summed E-state index contributed by atoms with van der Waals surface area (Å²) in [6, 6.07) is 19.7. The van der Waals surface area contributed by atoms with Gasteiger partial charge < -0.3 is 20.6 Å². The Bertz CT molecular complexity index is 1210. The molecule has 0 aliphatic carbocycles. The van der Waals surface area contributed by atoms with Gasteiger partial charge in [0, 0.05) is 21.8 Å². The van der Waals surface area contributed by atoms with E-state index in [1.807, 2.05) is 42.5 Å². The highest BCUT2D eigenvalue weighted by atomic mass is 32.1. The van der Waals surface area contributed by atoms with Crippen LogP contribution in [0.25, 0.3) is 26.6 Å². The molecule has 0 atom stereocenters. The second-order valence-corrected chi connectivity index (χ2v) is 7.50. The lowest BCUT2D eigenvalue weighted by Crippen LogP contribution is -1.91. The number of aromatic hydroxyl groups is 2. The Kier molecular flexibility index (Phi) is 4.93. The van der Waals surface area contributed by atoms with Crippen LogP contribution >= 0.6 is 11.3 Å². The normalized spacial score (nSPS) is 11.2. The highest BCUT2D eigenvalue weighted by Gasteiger charge is 2.15. The molecular formula is C23H17NO4S. The monoisotopic (exact) mass is 403 g/mol. The van der Waals surface area contributed by atoms with E-state index in [1.54, 1.807) is 35.6 Å². The molecule has 0 saturated carbocycles. The minimum atomic E-state index is -0.987. The Morgan fingerprint density at radius 3 is 2.28 bits per heavy atom. The average molecular weight is 403 g/mol. The van der Waals surface area contributed by atoms with Crippen molar-refractivity contribution in [2.24, 2.45) is 0 Å². The first-order chi connectivity index (χ1) is 14.0.